The molecular weight excluding hydrogens is 264 g/mol. The molecule has 3 N–H and O–H groups in total. The number of hydrogen-bond acceptors (Lipinski definition) is 3. The van der Waals surface area contributed by atoms with Crippen LogP contribution in [0.1, 0.15) is 37.8 Å². The van der Waals surface area contributed by atoms with Crippen LogP contribution in [-0.4, -0.2) is 15.7 Å². The second-order valence-corrected chi connectivity index (χ2v) is 5.14. The zero-order chi connectivity index (χ0) is 15.1. The van der Waals surface area contributed by atoms with Crippen molar-refractivity contribution in [3.05, 3.63) is 48.3 Å². The first-order valence-electron chi connectivity index (χ1n) is 7.31. The van der Waals surface area contributed by atoms with Crippen LogP contribution >= 0.6 is 0 Å². The highest BCUT2D eigenvalue weighted by Gasteiger charge is 2.11. The summed E-state index contributed by atoms with van der Waals surface area (Å²) in [4.78, 5) is 10.9. The molecule has 1 amide bonds. The minimum atomic E-state index is -0.393. The molecule has 21 heavy (non-hydrogen) atoms. The molecule has 0 aliphatic heterocycles. The Hall–Kier alpha value is -2.30. The topological polar surface area (TPSA) is 72.9 Å². The Labute approximate surface area is 125 Å². The van der Waals surface area contributed by atoms with E-state index in [-0.39, 0.29) is 12.6 Å². The van der Waals surface area contributed by atoms with Crippen molar-refractivity contribution in [2.24, 2.45) is 5.73 Å². The van der Waals surface area contributed by atoms with Gasteiger partial charge in [0.15, 0.2) is 0 Å². The van der Waals surface area contributed by atoms with Gasteiger partial charge in [-0.2, -0.15) is 5.10 Å². The average Bonchev–Trinajstić information content (AvgIpc) is 2.90. The molecular formula is C16H22N4O. The van der Waals surface area contributed by atoms with E-state index in [2.05, 4.69) is 29.5 Å². The summed E-state index contributed by atoms with van der Waals surface area (Å²) in [5, 5.41) is 7.62. The number of hydrogen-bond donors (Lipinski definition) is 2. The summed E-state index contributed by atoms with van der Waals surface area (Å²) in [7, 11) is 0. The van der Waals surface area contributed by atoms with Crippen molar-refractivity contribution in [3.63, 3.8) is 0 Å². The van der Waals surface area contributed by atoms with Crippen molar-refractivity contribution in [3.8, 4) is 0 Å². The summed E-state index contributed by atoms with van der Waals surface area (Å²) in [6.45, 7) is 2.29. The van der Waals surface area contributed by atoms with Gasteiger partial charge in [-0.15, -0.1) is 0 Å². The van der Waals surface area contributed by atoms with Gasteiger partial charge in [0.25, 0.3) is 0 Å². The number of rotatable bonds is 8. The number of nitrogens with one attached hydrogen (secondary N) is 1. The Morgan fingerprint density at radius 2 is 2.14 bits per heavy atom. The lowest BCUT2D eigenvalue weighted by Crippen LogP contribution is -2.18. The molecule has 5 nitrogen and oxygen atoms in total. The molecule has 0 bridgehead atoms. The molecule has 1 atom stereocenters. The predicted octanol–water partition coefficient (Wildman–Crippen LogP) is 2.71. The van der Waals surface area contributed by atoms with E-state index in [4.69, 9.17) is 5.73 Å². The number of amides is 1. The summed E-state index contributed by atoms with van der Waals surface area (Å²) >= 11 is 0. The number of primary amides is 1. The minimum Gasteiger partial charge on any atom is -0.376 e. The van der Waals surface area contributed by atoms with E-state index in [1.54, 1.807) is 10.9 Å². The van der Waals surface area contributed by atoms with Crippen LogP contribution in [0.15, 0.2) is 42.7 Å². The normalized spacial score (nSPS) is 12.0. The van der Waals surface area contributed by atoms with Crippen molar-refractivity contribution in [2.45, 2.75) is 38.8 Å². The zero-order valence-electron chi connectivity index (χ0n) is 12.3. The van der Waals surface area contributed by atoms with Crippen LogP contribution in [0.4, 0.5) is 5.69 Å². The molecule has 0 aliphatic carbocycles. The average molecular weight is 286 g/mol. The smallest absolute Gasteiger partial charge is 0.239 e. The molecule has 2 rings (SSSR count). The van der Waals surface area contributed by atoms with Crippen molar-refractivity contribution in [2.75, 3.05) is 5.32 Å². The van der Waals surface area contributed by atoms with Gasteiger partial charge in [-0.25, -0.2) is 0 Å². The third-order valence-corrected chi connectivity index (χ3v) is 3.34. The van der Waals surface area contributed by atoms with E-state index in [0.717, 1.165) is 24.9 Å². The van der Waals surface area contributed by atoms with E-state index < -0.39 is 5.91 Å². The minimum absolute atomic E-state index is 0.104. The summed E-state index contributed by atoms with van der Waals surface area (Å²) in [5.41, 5.74) is 7.33. The molecule has 0 spiro atoms. The SMILES string of the molecule is CCCCC(Nc1cnn(CC(N)=O)c1)c1ccccc1. The maximum absolute atomic E-state index is 10.9. The first-order chi connectivity index (χ1) is 10.2. The quantitative estimate of drug-likeness (QED) is 0.783. The molecule has 112 valence electrons. The monoisotopic (exact) mass is 286 g/mol. The third kappa shape index (κ3) is 4.63. The summed E-state index contributed by atoms with van der Waals surface area (Å²) in [6.07, 6.45) is 6.91. The molecule has 1 heterocycles. The largest absolute Gasteiger partial charge is 0.376 e. The standard InChI is InChI=1S/C16H22N4O/c1-2-3-9-15(13-7-5-4-6-8-13)19-14-10-18-20(11-14)12-16(17)21/h4-8,10-11,15,19H,2-3,9,12H2,1H3,(H2,17,21). The summed E-state index contributed by atoms with van der Waals surface area (Å²) < 4.78 is 1.55. The zero-order valence-corrected chi connectivity index (χ0v) is 12.3. The molecule has 1 unspecified atom stereocenters. The number of carbonyl (C=O) groups is 1. The van der Waals surface area contributed by atoms with E-state index in [0.29, 0.717) is 0 Å². The molecule has 0 radical (unpaired) electrons. The number of nitrogens with two attached hydrogens (primary N) is 1. The lowest BCUT2D eigenvalue weighted by molar-refractivity contribution is -0.118. The Morgan fingerprint density at radius 3 is 2.81 bits per heavy atom. The van der Waals surface area contributed by atoms with Crippen molar-refractivity contribution < 1.29 is 4.79 Å². The van der Waals surface area contributed by atoms with Crippen LogP contribution in [-0.2, 0) is 11.3 Å². The lowest BCUT2D eigenvalue weighted by Gasteiger charge is -2.19. The second kappa shape index (κ2) is 7.47. The van der Waals surface area contributed by atoms with Gasteiger partial charge in [0.1, 0.15) is 6.54 Å². The first kappa shape index (κ1) is 15.1. The molecule has 2 aromatic rings. The Balaban J connectivity index is 2.07. The van der Waals surface area contributed by atoms with Crippen molar-refractivity contribution >= 4 is 11.6 Å². The fourth-order valence-electron chi connectivity index (χ4n) is 2.30. The summed E-state index contributed by atoms with van der Waals surface area (Å²) in [6, 6.07) is 10.6. The fraction of sp³-hybridized carbons (Fsp3) is 0.375. The number of carbonyl (C=O) groups excluding carboxylic acids is 1. The lowest BCUT2D eigenvalue weighted by atomic mass is 10.0. The van der Waals surface area contributed by atoms with Crippen molar-refractivity contribution in [1.82, 2.24) is 9.78 Å². The molecule has 5 heteroatoms. The molecule has 0 fully saturated rings. The third-order valence-electron chi connectivity index (χ3n) is 3.34. The number of aromatic nitrogens is 2. The van der Waals surface area contributed by atoms with E-state index in [1.165, 1.54) is 5.56 Å². The number of benzene rings is 1. The van der Waals surface area contributed by atoms with Crippen LogP contribution in [0.5, 0.6) is 0 Å². The number of anilines is 1. The highest BCUT2D eigenvalue weighted by Crippen LogP contribution is 2.24. The Kier molecular flexibility index (Phi) is 5.37. The predicted molar refractivity (Wildman–Crippen MR) is 83.8 cm³/mol. The molecule has 0 saturated carbocycles. The van der Waals surface area contributed by atoms with Gasteiger partial charge >= 0.3 is 0 Å². The molecule has 1 aromatic heterocycles. The Morgan fingerprint density at radius 1 is 1.38 bits per heavy atom. The van der Waals surface area contributed by atoms with Gasteiger partial charge < -0.3 is 11.1 Å². The molecule has 0 saturated heterocycles. The van der Waals surface area contributed by atoms with Gasteiger partial charge in [0.2, 0.25) is 5.91 Å². The maximum atomic E-state index is 10.9. The first-order valence-corrected chi connectivity index (χ1v) is 7.31. The number of unbranched alkanes of at least 4 members (excludes halogenated alkanes) is 1. The van der Waals surface area contributed by atoms with Gasteiger partial charge in [0.05, 0.1) is 17.9 Å². The van der Waals surface area contributed by atoms with E-state index >= 15 is 0 Å². The second-order valence-electron chi connectivity index (χ2n) is 5.14. The van der Waals surface area contributed by atoms with Crippen LogP contribution in [0.25, 0.3) is 0 Å². The fourth-order valence-corrected chi connectivity index (χ4v) is 2.30. The molecule has 1 aromatic carbocycles. The van der Waals surface area contributed by atoms with Gasteiger partial charge in [0, 0.05) is 6.20 Å². The summed E-state index contributed by atoms with van der Waals surface area (Å²) in [5.74, 6) is -0.393. The maximum Gasteiger partial charge on any atom is 0.239 e. The van der Waals surface area contributed by atoms with Gasteiger partial charge in [-0.05, 0) is 12.0 Å². The van der Waals surface area contributed by atoms with Gasteiger partial charge in [-0.1, -0.05) is 50.1 Å². The molecule has 0 aliphatic rings. The van der Waals surface area contributed by atoms with Crippen molar-refractivity contribution in [1.29, 1.82) is 0 Å². The van der Waals surface area contributed by atoms with E-state index in [1.807, 2.05) is 24.4 Å². The van der Waals surface area contributed by atoms with Crippen LogP contribution in [0, 0.1) is 0 Å². The van der Waals surface area contributed by atoms with Crippen LogP contribution in [0.3, 0.4) is 0 Å². The highest BCUT2D eigenvalue weighted by atomic mass is 16.1. The van der Waals surface area contributed by atoms with E-state index in [9.17, 15) is 4.79 Å². The van der Waals surface area contributed by atoms with Gasteiger partial charge in [-0.3, -0.25) is 9.48 Å². The highest BCUT2D eigenvalue weighted by molar-refractivity contribution is 5.73. The number of nitrogens with zero attached hydrogens (tertiary/aromatic N) is 2. The Bertz CT molecular complexity index is 565. The van der Waals surface area contributed by atoms with Crippen LogP contribution < -0.4 is 11.1 Å². The van der Waals surface area contributed by atoms with Crippen LogP contribution in [0.2, 0.25) is 0 Å².